The van der Waals surface area contributed by atoms with Crippen molar-refractivity contribution in [3.05, 3.63) is 12.2 Å². The molecule has 5 aliphatic carbocycles. The van der Waals surface area contributed by atoms with Gasteiger partial charge in [-0.3, -0.25) is 4.90 Å². The zero-order valence-electron chi connectivity index (χ0n) is 15.7. The van der Waals surface area contributed by atoms with Gasteiger partial charge in [0.25, 0.3) is 0 Å². The fraction of sp³-hybridized carbons (Fsp3) is 0.909. The minimum Gasteiger partial charge on any atom is -0.388 e. The van der Waals surface area contributed by atoms with Crippen LogP contribution in [0.2, 0.25) is 0 Å². The van der Waals surface area contributed by atoms with E-state index in [-0.39, 0.29) is 11.5 Å². The average Bonchev–Trinajstić information content (AvgIpc) is 3.07. The maximum atomic E-state index is 11.3. The van der Waals surface area contributed by atoms with Gasteiger partial charge >= 0.3 is 0 Å². The molecule has 138 valence electrons. The van der Waals surface area contributed by atoms with Crippen LogP contribution in [-0.2, 0) is 4.74 Å². The zero-order chi connectivity index (χ0) is 17.0. The normalized spacial score (nSPS) is 60.1. The van der Waals surface area contributed by atoms with Gasteiger partial charge in [-0.2, -0.15) is 0 Å². The van der Waals surface area contributed by atoms with Gasteiger partial charge < -0.3 is 9.84 Å². The van der Waals surface area contributed by atoms with Crippen molar-refractivity contribution in [1.82, 2.24) is 4.90 Å². The smallest absolute Gasteiger partial charge is 0.116 e. The van der Waals surface area contributed by atoms with E-state index in [9.17, 15) is 5.11 Å². The van der Waals surface area contributed by atoms with Gasteiger partial charge in [-0.05, 0) is 73.7 Å². The highest BCUT2D eigenvalue weighted by Gasteiger charge is 2.71. The third-order valence-electron chi connectivity index (χ3n) is 10.1. The van der Waals surface area contributed by atoms with Crippen molar-refractivity contribution in [1.29, 1.82) is 0 Å². The van der Waals surface area contributed by atoms with Gasteiger partial charge in [0.1, 0.15) is 6.23 Å². The highest BCUT2D eigenvalue weighted by Crippen LogP contribution is 2.74. The van der Waals surface area contributed by atoms with Gasteiger partial charge in [0.05, 0.1) is 12.7 Å². The Labute approximate surface area is 151 Å². The Kier molecular flexibility index (Phi) is 2.95. The Bertz CT molecular complexity index is 634. The van der Waals surface area contributed by atoms with Crippen LogP contribution < -0.4 is 0 Å². The van der Waals surface area contributed by atoms with Crippen molar-refractivity contribution >= 4 is 0 Å². The predicted octanol–water partition coefficient (Wildman–Crippen LogP) is 3.58. The zero-order valence-corrected chi connectivity index (χ0v) is 15.7. The molecule has 2 aliphatic heterocycles. The number of rotatable bonds is 0. The summed E-state index contributed by atoms with van der Waals surface area (Å²) in [5, 5.41) is 11.3. The van der Waals surface area contributed by atoms with Crippen LogP contribution >= 0.6 is 0 Å². The van der Waals surface area contributed by atoms with E-state index >= 15 is 0 Å². The third-order valence-corrected chi connectivity index (χ3v) is 10.1. The van der Waals surface area contributed by atoms with Crippen molar-refractivity contribution in [2.24, 2.45) is 34.0 Å². The summed E-state index contributed by atoms with van der Waals surface area (Å²) in [6.45, 7) is 10.1. The molecule has 1 spiro atoms. The molecule has 2 saturated heterocycles. The van der Waals surface area contributed by atoms with Crippen LogP contribution in [0.5, 0.6) is 0 Å². The van der Waals surface area contributed by atoms with Crippen LogP contribution in [0.1, 0.15) is 58.3 Å². The molecule has 3 heteroatoms. The molecule has 7 rings (SSSR count). The molecule has 5 saturated carbocycles. The highest BCUT2D eigenvalue weighted by atomic mass is 16.5. The van der Waals surface area contributed by atoms with Crippen molar-refractivity contribution < 1.29 is 9.84 Å². The lowest BCUT2D eigenvalue weighted by molar-refractivity contribution is -0.273. The van der Waals surface area contributed by atoms with Gasteiger partial charge in [-0.25, -0.2) is 0 Å². The summed E-state index contributed by atoms with van der Waals surface area (Å²) in [5.41, 5.74) is 2.07. The molecule has 0 aromatic carbocycles. The van der Waals surface area contributed by atoms with E-state index < -0.39 is 0 Å². The lowest BCUT2D eigenvalue weighted by Crippen LogP contribution is -2.72. The number of aliphatic hydroxyl groups excluding tert-OH is 1. The molecule has 1 N–H and O–H groups in total. The first-order valence-electron chi connectivity index (χ1n) is 10.7. The molecule has 0 aromatic heterocycles. The summed E-state index contributed by atoms with van der Waals surface area (Å²) in [5.74, 6) is 2.08. The van der Waals surface area contributed by atoms with Gasteiger partial charge in [0, 0.05) is 23.9 Å². The first-order chi connectivity index (χ1) is 12.0. The van der Waals surface area contributed by atoms with Gasteiger partial charge in [-0.1, -0.05) is 19.9 Å². The molecule has 8 atom stereocenters. The van der Waals surface area contributed by atoms with Crippen molar-refractivity contribution in [2.45, 2.75) is 70.6 Å². The summed E-state index contributed by atoms with van der Waals surface area (Å²) in [4.78, 5) is 2.69. The molecule has 3 nitrogen and oxygen atoms in total. The van der Waals surface area contributed by atoms with Crippen LogP contribution in [-0.4, -0.2) is 42.0 Å². The van der Waals surface area contributed by atoms with Crippen molar-refractivity contribution in [3.8, 4) is 0 Å². The van der Waals surface area contributed by atoms with Crippen LogP contribution in [0.25, 0.3) is 0 Å². The van der Waals surface area contributed by atoms with Gasteiger partial charge in [-0.15, -0.1) is 0 Å². The second-order valence-electron chi connectivity index (χ2n) is 10.6. The quantitative estimate of drug-likeness (QED) is 0.683. The molecule has 25 heavy (non-hydrogen) atoms. The van der Waals surface area contributed by atoms with Crippen LogP contribution in [0.3, 0.4) is 0 Å². The van der Waals surface area contributed by atoms with E-state index in [2.05, 4.69) is 18.4 Å². The fourth-order valence-corrected chi connectivity index (χ4v) is 9.25. The van der Waals surface area contributed by atoms with E-state index in [1.807, 2.05) is 0 Å². The molecular formula is C22H33NO2. The minimum atomic E-state index is -0.235. The van der Waals surface area contributed by atoms with Crippen LogP contribution in [0.4, 0.5) is 0 Å². The summed E-state index contributed by atoms with van der Waals surface area (Å²) >= 11 is 0. The first kappa shape index (κ1) is 15.7. The summed E-state index contributed by atoms with van der Waals surface area (Å²) in [6.07, 6.45) is 10.6. The number of aliphatic hydroxyl groups is 1. The number of ether oxygens (including phenoxy) is 1. The van der Waals surface area contributed by atoms with E-state index in [0.29, 0.717) is 28.9 Å². The summed E-state index contributed by atoms with van der Waals surface area (Å²) < 4.78 is 6.29. The van der Waals surface area contributed by atoms with Gasteiger partial charge in [0.15, 0.2) is 0 Å². The molecule has 0 aromatic rings. The van der Waals surface area contributed by atoms with Crippen LogP contribution in [0, 0.1) is 34.0 Å². The second kappa shape index (κ2) is 4.72. The fourth-order valence-electron chi connectivity index (χ4n) is 9.25. The standard InChI is InChI=1S/C22H33NO2/c1-14-15-4-8-21(18(14)24)9-5-16-20(2)6-3-7-22(16,17(21)12-15)13-23-10-11-25-19(20)23/h15-19,24H,1,3-13H2,2H3/t15?,16-,17?,18+,19-,20?,21+,22?/m1/s1. The van der Waals surface area contributed by atoms with E-state index in [1.54, 1.807) is 0 Å². The lowest BCUT2D eigenvalue weighted by Gasteiger charge is -2.73. The Morgan fingerprint density at radius 2 is 1.96 bits per heavy atom. The second-order valence-corrected chi connectivity index (χ2v) is 10.6. The van der Waals surface area contributed by atoms with Crippen molar-refractivity contribution in [2.75, 3.05) is 19.7 Å². The molecule has 0 amide bonds. The molecule has 0 radical (unpaired) electrons. The van der Waals surface area contributed by atoms with E-state index in [4.69, 9.17) is 4.74 Å². The van der Waals surface area contributed by atoms with Crippen molar-refractivity contribution in [3.63, 3.8) is 0 Å². The number of hydrogen-bond donors (Lipinski definition) is 1. The number of nitrogens with zero attached hydrogens (tertiary/aromatic N) is 1. The maximum absolute atomic E-state index is 11.3. The van der Waals surface area contributed by atoms with E-state index in [0.717, 1.165) is 19.1 Å². The minimum absolute atomic E-state index is 0.147. The molecule has 7 aliphatic rings. The van der Waals surface area contributed by atoms with Crippen LogP contribution in [0.15, 0.2) is 12.2 Å². The number of hydrogen-bond acceptors (Lipinski definition) is 3. The Hall–Kier alpha value is -0.380. The first-order valence-corrected chi connectivity index (χ1v) is 10.7. The number of fused-ring (bicyclic) bond motifs is 4. The maximum Gasteiger partial charge on any atom is 0.116 e. The highest BCUT2D eigenvalue weighted by molar-refractivity contribution is 5.28. The monoisotopic (exact) mass is 343 g/mol. The number of piperidine rings is 1. The molecular weight excluding hydrogens is 310 g/mol. The topological polar surface area (TPSA) is 32.7 Å². The van der Waals surface area contributed by atoms with E-state index in [1.165, 1.54) is 63.5 Å². The third kappa shape index (κ3) is 1.62. The summed E-state index contributed by atoms with van der Waals surface area (Å²) in [6, 6.07) is 0. The SMILES string of the molecule is C=C1C2CC[C@@]3(CC[C@H]4C5(CCCC4(C)[C@H]4OCCN4C5)C3C2)[C@H]1O. The lowest BCUT2D eigenvalue weighted by atomic mass is 9.34. The Morgan fingerprint density at radius 3 is 2.84 bits per heavy atom. The molecule has 2 heterocycles. The molecule has 4 unspecified atom stereocenters. The average molecular weight is 344 g/mol. The van der Waals surface area contributed by atoms with Gasteiger partial charge in [0.2, 0.25) is 0 Å². The Morgan fingerprint density at radius 1 is 1.12 bits per heavy atom. The largest absolute Gasteiger partial charge is 0.388 e. The molecule has 4 bridgehead atoms. The predicted molar refractivity (Wildman–Crippen MR) is 96.8 cm³/mol. The Balaban J connectivity index is 1.49. The summed E-state index contributed by atoms with van der Waals surface area (Å²) in [7, 11) is 0. The molecule has 7 fully saturated rings.